The molecule has 0 spiro atoms. The summed E-state index contributed by atoms with van der Waals surface area (Å²) in [7, 11) is 0. The quantitative estimate of drug-likeness (QED) is 0.754. The third-order valence-corrected chi connectivity index (χ3v) is 5.11. The smallest absolute Gasteiger partial charge is 0.137 e. The summed E-state index contributed by atoms with van der Waals surface area (Å²) in [5, 5.41) is 0. The van der Waals surface area contributed by atoms with Crippen LogP contribution in [0.5, 0.6) is 0 Å². The van der Waals surface area contributed by atoms with Crippen molar-refractivity contribution in [3.63, 3.8) is 0 Å². The van der Waals surface area contributed by atoms with Crippen LogP contribution in [-0.2, 0) is 4.79 Å². The lowest BCUT2D eigenvalue weighted by Crippen LogP contribution is -2.41. The summed E-state index contributed by atoms with van der Waals surface area (Å²) in [4.78, 5) is 14.9. The van der Waals surface area contributed by atoms with E-state index in [0.29, 0.717) is 29.0 Å². The second kappa shape index (κ2) is 6.17. The number of Topliss-reactive ketones (excluding diaryl/α,β-unsaturated/α-hetero) is 1. The minimum Gasteiger partial charge on any atom is -0.299 e. The number of hydrogen-bond donors (Lipinski definition) is 0. The number of nitrogens with zero attached hydrogens (tertiary/aromatic N) is 1. The van der Waals surface area contributed by atoms with Gasteiger partial charge < -0.3 is 0 Å². The van der Waals surface area contributed by atoms with Gasteiger partial charge >= 0.3 is 0 Å². The first-order valence-corrected chi connectivity index (χ1v) is 8.54. The van der Waals surface area contributed by atoms with Gasteiger partial charge in [-0.05, 0) is 42.9 Å². The van der Waals surface area contributed by atoms with Gasteiger partial charge in [0.05, 0.1) is 0 Å². The molecule has 0 heterocycles. The number of hydrogen-bond acceptors (Lipinski definition) is 2. The molecule has 0 aromatic rings. The van der Waals surface area contributed by atoms with Crippen molar-refractivity contribution in [2.45, 2.75) is 72.8 Å². The van der Waals surface area contributed by atoms with Gasteiger partial charge in [-0.3, -0.25) is 9.69 Å². The van der Waals surface area contributed by atoms with Gasteiger partial charge in [-0.25, -0.2) is 0 Å². The first-order chi connectivity index (χ1) is 9.27. The van der Waals surface area contributed by atoms with Crippen molar-refractivity contribution in [3.8, 4) is 0 Å². The molecule has 2 rings (SSSR count). The van der Waals surface area contributed by atoms with E-state index in [1.807, 2.05) is 0 Å². The summed E-state index contributed by atoms with van der Waals surface area (Å²) in [5.41, 5.74) is 0.349. The van der Waals surface area contributed by atoms with Crippen LogP contribution in [0.3, 0.4) is 0 Å². The third kappa shape index (κ3) is 4.31. The number of rotatable bonds is 5. The van der Waals surface area contributed by atoms with Crippen LogP contribution in [0.1, 0.15) is 66.7 Å². The molecule has 2 nitrogen and oxygen atoms in total. The van der Waals surface area contributed by atoms with E-state index < -0.39 is 0 Å². The van der Waals surface area contributed by atoms with Crippen LogP contribution in [0.25, 0.3) is 0 Å². The molecule has 0 aliphatic heterocycles. The highest BCUT2D eigenvalue weighted by atomic mass is 16.1. The average molecular weight is 279 g/mol. The molecule has 2 aliphatic rings. The Hall–Kier alpha value is -0.370. The molecule has 2 saturated carbocycles. The summed E-state index contributed by atoms with van der Waals surface area (Å²) in [6.07, 6.45) is 5.72. The molecular weight excluding hydrogens is 246 g/mol. The van der Waals surface area contributed by atoms with Gasteiger partial charge in [0.15, 0.2) is 0 Å². The molecule has 2 atom stereocenters. The molecular formula is C18H33NO. The predicted octanol–water partition coefficient (Wildman–Crippen LogP) is 4.14. The van der Waals surface area contributed by atoms with Crippen molar-refractivity contribution < 1.29 is 4.79 Å². The summed E-state index contributed by atoms with van der Waals surface area (Å²) in [5.74, 6) is 2.24. The van der Waals surface area contributed by atoms with E-state index in [9.17, 15) is 4.79 Å². The molecule has 0 radical (unpaired) electrons. The van der Waals surface area contributed by atoms with Crippen molar-refractivity contribution >= 4 is 5.78 Å². The molecule has 0 amide bonds. The van der Waals surface area contributed by atoms with E-state index >= 15 is 0 Å². The predicted molar refractivity (Wildman–Crippen MR) is 84.7 cm³/mol. The summed E-state index contributed by atoms with van der Waals surface area (Å²) >= 11 is 0. The van der Waals surface area contributed by atoms with Crippen LogP contribution >= 0.6 is 0 Å². The van der Waals surface area contributed by atoms with Crippen molar-refractivity contribution in [2.75, 3.05) is 13.1 Å². The maximum Gasteiger partial charge on any atom is 0.137 e. The van der Waals surface area contributed by atoms with Crippen LogP contribution in [0, 0.1) is 23.2 Å². The Bertz CT molecular complexity index is 338. The van der Waals surface area contributed by atoms with E-state index in [1.54, 1.807) is 0 Å². The van der Waals surface area contributed by atoms with E-state index in [1.165, 1.54) is 12.8 Å². The normalized spacial score (nSPS) is 28.4. The number of ketones is 1. The molecule has 0 saturated heterocycles. The lowest BCUT2D eigenvalue weighted by Gasteiger charge is -2.39. The van der Waals surface area contributed by atoms with Crippen molar-refractivity contribution in [3.05, 3.63) is 0 Å². The summed E-state index contributed by atoms with van der Waals surface area (Å²) < 4.78 is 0. The maximum atomic E-state index is 12.3. The Balaban J connectivity index is 1.96. The van der Waals surface area contributed by atoms with Crippen molar-refractivity contribution in [1.29, 1.82) is 0 Å². The summed E-state index contributed by atoms with van der Waals surface area (Å²) in [6, 6.07) is 0.778. The lowest BCUT2D eigenvalue weighted by atomic mass is 9.68. The number of carbonyl (C=O) groups is 1. The van der Waals surface area contributed by atoms with E-state index in [0.717, 1.165) is 38.4 Å². The fraction of sp³-hybridized carbons (Fsp3) is 0.944. The van der Waals surface area contributed by atoms with Crippen molar-refractivity contribution in [1.82, 2.24) is 4.90 Å². The van der Waals surface area contributed by atoms with Crippen molar-refractivity contribution in [2.24, 2.45) is 23.2 Å². The van der Waals surface area contributed by atoms with E-state index in [-0.39, 0.29) is 0 Å². The van der Waals surface area contributed by atoms with Crippen LogP contribution < -0.4 is 0 Å². The Morgan fingerprint density at radius 2 is 1.85 bits per heavy atom. The Labute approximate surface area is 125 Å². The van der Waals surface area contributed by atoms with Gasteiger partial charge in [0.25, 0.3) is 0 Å². The molecule has 116 valence electrons. The zero-order valence-corrected chi connectivity index (χ0v) is 14.1. The highest BCUT2D eigenvalue weighted by molar-refractivity contribution is 5.82. The Morgan fingerprint density at radius 3 is 2.35 bits per heavy atom. The molecule has 0 aromatic carbocycles. The van der Waals surface area contributed by atoms with Crippen LogP contribution in [0.4, 0.5) is 0 Å². The summed E-state index contributed by atoms with van der Waals surface area (Å²) in [6.45, 7) is 13.8. The topological polar surface area (TPSA) is 20.3 Å². The van der Waals surface area contributed by atoms with Gasteiger partial charge in [-0.1, -0.05) is 34.6 Å². The molecule has 0 aromatic heterocycles. The van der Waals surface area contributed by atoms with Gasteiger partial charge in [0.2, 0.25) is 0 Å². The van der Waals surface area contributed by atoms with Crippen LogP contribution in [0.15, 0.2) is 0 Å². The second-order valence-electron chi connectivity index (χ2n) is 8.58. The molecule has 2 fully saturated rings. The third-order valence-electron chi connectivity index (χ3n) is 5.11. The SMILES string of the molecule is CC(C)CN(CC1CC(C(C)(C)C)CCC1=O)C1CC1. The second-order valence-corrected chi connectivity index (χ2v) is 8.58. The van der Waals surface area contributed by atoms with E-state index in [2.05, 4.69) is 39.5 Å². The average Bonchev–Trinajstić information content (AvgIpc) is 3.12. The molecule has 0 bridgehead atoms. The molecule has 2 unspecified atom stereocenters. The lowest BCUT2D eigenvalue weighted by molar-refractivity contribution is -0.127. The minimum absolute atomic E-state index is 0.298. The van der Waals surface area contributed by atoms with Crippen LogP contribution in [0.2, 0.25) is 0 Å². The fourth-order valence-corrected chi connectivity index (χ4v) is 3.64. The maximum absolute atomic E-state index is 12.3. The zero-order valence-electron chi connectivity index (χ0n) is 14.1. The highest BCUT2D eigenvalue weighted by Crippen LogP contribution is 2.40. The fourth-order valence-electron chi connectivity index (χ4n) is 3.64. The zero-order chi connectivity index (χ0) is 14.9. The van der Waals surface area contributed by atoms with Gasteiger partial charge in [0.1, 0.15) is 5.78 Å². The highest BCUT2D eigenvalue weighted by Gasteiger charge is 2.38. The van der Waals surface area contributed by atoms with Crippen LogP contribution in [-0.4, -0.2) is 29.8 Å². The minimum atomic E-state index is 0.298. The monoisotopic (exact) mass is 279 g/mol. The molecule has 2 aliphatic carbocycles. The first-order valence-electron chi connectivity index (χ1n) is 8.54. The Kier molecular flexibility index (Phi) is 4.94. The molecule has 0 N–H and O–H groups in total. The molecule has 2 heteroatoms. The van der Waals surface area contributed by atoms with Gasteiger partial charge in [0, 0.05) is 31.5 Å². The largest absolute Gasteiger partial charge is 0.299 e. The van der Waals surface area contributed by atoms with Gasteiger partial charge in [-0.15, -0.1) is 0 Å². The number of carbonyl (C=O) groups excluding carboxylic acids is 1. The van der Waals surface area contributed by atoms with Gasteiger partial charge in [-0.2, -0.15) is 0 Å². The van der Waals surface area contributed by atoms with E-state index in [4.69, 9.17) is 0 Å². The standard InChI is InChI=1S/C18H33NO/c1-13(2)11-19(16-7-8-16)12-14-10-15(18(3,4)5)6-9-17(14)20/h13-16H,6-12H2,1-5H3. The molecule has 20 heavy (non-hydrogen) atoms. The first kappa shape index (κ1) is 16.0. The Morgan fingerprint density at radius 1 is 1.20 bits per heavy atom.